The van der Waals surface area contributed by atoms with Crippen molar-refractivity contribution in [3.8, 4) is 11.5 Å². The maximum Gasteiger partial charge on any atom is 0.375 e. The van der Waals surface area contributed by atoms with Gasteiger partial charge in [0.1, 0.15) is 11.5 Å². The van der Waals surface area contributed by atoms with Crippen molar-refractivity contribution in [3.63, 3.8) is 0 Å². The van der Waals surface area contributed by atoms with Crippen LogP contribution in [0.2, 0.25) is 0 Å². The molecule has 2 N–H and O–H groups in total. The van der Waals surface area contributed by atoms with Gasteiger partial charge in [-0.3, -0.25) is 9.69 Å². The van der Waals surface area contributed by atoms with Gasteiger partial charge >= 0.3 is 11.7 Å². The van der Waals surface area contributed by atoms with Gasteiger partial charge in [0.25, 0.3) is 0 Å². The molecule has 0 radical (unpaired) electrons. The molecule has 166 valence electrons. The summed E-state index contributed by atoms with van der Waals surface area (Å²) in [6.45, 7) is 6.87. The number of carboxylic acids is 1. The summed E-state index contributed by atoms with van der Waals surface area (Å²) < 4.78 is 6.25. The van der Waals surface area contributed by atoms with E-state index >= 15 is 0 Å². The Morgan fingerprint density at radius 1 is 0.969 bits per heavy atom. The third kappa shape index (κ3) is 4.17. The van der Waals surface area contributed by atoms with Crippen molar-refractivity contribution in [2.75, 3.05) is 4.90 Å². The molecule has 0 bridgehead atoms. The van der Waals surface area contributed by atoms with Crippen LogP contribution in [0.15, 0.2) is 72.8 Å². The van der Waals surface area contributed by atoms with E-state index in [1.54, 1.807) is 79.7 Å². The summed E-state index contributed by atoms with van der Waals surface area (Å²) >= 11 is 0. The number of anilines is 1. The fraction of sp³-hybridized carbons (Fsp3) is 0.231. The number of aromatic hydroxyl groups is 1. The van der Waals surface area contributed by atoms with Crippen LogP contribution in [0.4, 0.5) is 5.69 Å². The lowest BCUT2D eigenvalue weighted by Crippen LogP contribution is -2.58. The van der Waals surface area contributed by atoms with Gasteiger partial charge < -0.3 is 14.9 Å². The highest BCUT2D eigenvalue weighted by molar-refractivity contribution is 6.00. The van der Waals surface area contributed by atoms with Crippen LogP contribution in [-0.2, 0) is 15.3 Å². The number of carboxylic acid groups (broad SMARTS) is 1. The fourth-order valence-corrected chi connectivity index (χ4v) is 3.77. The molecular weight excluding hydrogens is 406 g/mol. The quantitative estimate of drug-likeness (QED) is 0.501. The Morgan fingerprint density at radius 2 is 1.53 bits per heavy atom. The monoisotopic (exact) mass is 433 g/mol. The number of aliphatic carboxylic acids is 1. The summed E-state index contributed by atoms with van der Waals surface area (Å²) in [5.74, 6) is -1.50. The average Bonchev–Trinajstić information content (AvgIpc) is 2.76. The Labute approximate surface area is 187 Å². The third-order valence-corrected chi connectivity index (χ3v) is 5.29. The molecule has 0 spiro atoms. The van der Waals surface area contributed by atoms with E-state index in [-0.39, 0.29) is 23.0 Å². The summed E-state index contributed by atoms with van der Waals surface area (Å²) in [7, 11) is 0. The zero-order valence-electron chi connectivity index (χ0n) is 18.6. The maximum absolute atomic E-state index is 12.9. The van der Waals surface area contributed by atoms with Crippen LogP contribution in [0.3, 0.4) is 0 Å². The van der Waals surface area contributed by atoms with Crippen molar-refractivity contribution in [2.45, 2.75) is 39.3 Å². The van der Waals surface area contributed by atoms with Crippen LogP contribution >= 0.6 is 0 Å². The minimum absolute atomic E-state index is 0.0220. The van der Waals surface area contributed by atoms with E-state index in [1.165, 1.54) is 6.92 Å². The van der Waals surface area contributed by atoms with Crippen LogP contribution in [-0.4, -0.2) is 22.1 Å². The van der Waals surface area contributed by atoms with Gasteiger partial charge in [-0.2, -0.15) is 0 Å². The summed E-state index contributed by atoms with van der Waals surface area (Å²) in [6.07, 6.45) is 0. The van der Waals surface area contributed by atoms with E-state index in [4.69, 9.17) is 4.74 Å². The molecule has 3 rings (SSSR count). The Kier molecular flexibility index (Phi) is 6.53. The molecule has 0 aliphatic carbocycles. The second-order valence-corrected chi connectivity index (χ2v) is 7.94. The first-order valence-corrected chi connectivity index (χ1v) is 10.4. The predicted octanol–water partition coefficient (Wildman–Crippen LogP) is 5.19. The summed E-state index contributed by atoms with van der Waals surface area (Å²) in [6, 6.07) is 20.1. The molecule has 32 heavy (non-hydrogen) atoms. The first kappa shape index (κ1) is 22.9. The Hall–Kier alpha value is -3.80. The molecule has 1 atom stereocenters. The lowest BCUT2D eigenvalue weighted by Gasteiger charge is -2.40. The molecule has 3 aromatic carbocycles. The molecule has 3 aromatic rings. The van der Waals surface area contributed by atoms with E-state index in [9.17, 15) is 19.8 Å². The van der Waals surface area contributed by atoms with E-state index in [2.05, 4.69) is 0 Å². The van der Waals surface area contributed by atoms with Crippen LogP contribution in [0.5, 0.6) is 11.5 Å². The molecule has 0 heterocycles. The largest absolute Gasteiger partial charge is 0.507 e. The van der Waals surface area contributed by atoms with Gasteiger partial charge in [-0.1, -0.05) is 62.4 Å². The predicted molar refractivity (Wildman–Crippen MR) is 123 cm³/mol. The molecule has 0 fully saturated rings. The van der Waals surface area contributed by atoms with Crippen LogP contribution in [0, 0.1) is 6.92 Å². The van der Waals surface area contributed by atoms with Gasteiger partial charge in [-0.05, 0) is 42.7 Å². The van der Waals surface area contributed by atoms with Gasteiger partial charge in [0.05, 0.1) is 0 Å². The number of hydrogen-bond donors (Lipinski definition) is 2. The van der Waals surface area contributed by atoms with Crippen molar-refractivity contribution in [2.24, 2.45) is 0 Å². The smallest absolute Gasteiger partial charge is 0.375 e. The van der Waals surface area contributed by atoms with Gasteiger partial charge in [-0.25, -0.2) is 4.79 Å². The molecule has 0 aliphatic rings. The van der Waals surface area contributed by atoms with E-state index in [1.807, 2.05) is 13.8 Å². The molecule has 0 aliphatic heterocycles. The zero-order chi connectivity index (χ0) is 23.5. The van der Waals surface area contributed by atoms with Crippen LogP contribution < -0.4 is 9.64 Å². The highest BCUT2D eigenvalue weighted by Crippen LogP contribution is 2.39. The molecule has 1 amide bonds. The number of carbonyl (C=O) groups excluding carboxylic acids is 1. The standard InChI is InChI=1S/C26H27NO5/c1-17(2)23-16-22(15-18(3)24(23)29)32-26(25(30)31,20-11-7-5-8-12-20)27(19(4)28)21-13-9-6-10-14-21/h5-17,29H,1-4H3,(H,30,31). The second kappa shape index (κ2) is 9.14. The minimum atomic E-state index is -2.17. The molecule has 0 aromatic heterocycles. The Bertz CT molecular complexity index is 1110. The maximum atomic E-state index is 12.9. The summed E-state index contributed by atoms with van der Waals surface area (Å²) in [4.78, 5) is 27.0. The lowest BCUT2D eigenvalue weighted by atomic mass is 9.97. The zero-order valence-corrected chi connectivity index (χ0v) is 18.6. The van der Waals surface area contributed by atoms with Crippen molar-refractivity contribution in [1.82, 2.24) is 0 Å². The molecule has 1 unspecified atom stereocenters. The summed E-state index contributed by atoms with van der Waals surface area (Å²) in [5, 5.41) is 21.0. The van der Waals surface area contributed by atoms with Crippen LogP contribution in [0.25, 0.3) is 0 Å². The highest BCUT2D eigenvalue weighted by Gasteiger charge is 2.51. The van der Waals surface area contributed by atoms with Crippen LogP contribution in [0.1, 0.15) is 43.4 Å². The van der Waals surface area contributed by atoms with E-state index in [0.29, 0.717) is 16.8 Å². The number of nitrogens with zero attached hydrogens (tertiary/aromatic N) is 1. The average molecular weight is 434 g/mol. The number of para-hydroxylation sites is 1. The number of aryl methyl sites for hydroxylation is 1. The second-order valence-electron chi connectivity index (χ2n) is 7.94. The van der Waals surface area contributed by atoms with Crippen molar-refractivity contribution in [3.05, 3.63) is 89.5 Å². The van der Waals surface area contributed by atoms with Crippen molar-refractivity contribution < 1.29 is 24.5 Å². The normalized spacial score (nSPS) is 12.8. The molecular formula is C26H27NO5. The molecule has 6 nitrogen and oxygen atoms in total. The van der Waals surface area contributed by atoms with E-state index < -0.39 is 17.6 Å². The number of ether oxygens (including phenoxy) is 1. The summed E-state index contributed by atoms with van der Waals surface area (Å²) in [5.41, 5.74) is -0.338. The number of benzene rings is 3. The first-order chi connectivity index (χ1) is 15.2. The SMILES string of the molecule is CC(=O)N(c1ccccc1)C(Oc1cc(C)c(O)c(C(C)C)c1)(C(=O)O)c1ccccc1. The van der Waals surface area contributed by atoms with Crippen molar-refractivity contribution >= 4 is 17.6 Å². The fourth-order valence-electron chi connectivity index (χ4n) is 3.77. The Morgan fingerprint density at radius 3 is 2.03 bits per heavy atom. The molecule has 0 saturated heterocycles. The molecule has 6 heteroatoms. The number of rotatable bonds is 7. The number of hydrogen-bond acceptors (Lipinski definition) is 4. The van der Waals surface area contributed by atoms with Crippen molar-refractivity contribution in [1.29, 1.82) is 0 Å². The molecule has 0 saturated carbocycles. The first-order valence-electron chi connectivity index (χ1n) is 10.4. The Balaban J connectivity index is 2.31. The van der Waals surface area contributed by atoms with Gasteiger partial charge in [0.2, 0.25) is 5.91 Å². The minimum Gasteiger partial charge on any atom is -0.507 e. The lowest BCUT2D eigenvalue weighted by molar-refractivity contribution is -0.158. The van der Waals surface area contributed by atoms with Gasteiger partial charge in [0, 0.05) is 23.7 Å². The number of phenols is 1. The number of carbonyl (C=O) groups is 2. The third-order valence-electron chi connectivity index (χ3n) is 5.29. The van der Waals surface area contributed by atoms with E-state index in [0.717, 1.165) is 4.90 Å². The number of phenolic OH excluding ortho intramolecular Hbond substituents is 1. The van der Waals surface area contributed by atoms with Gasteiger partial charge in [0.15, 0.2) is 0 Å². The highest BCUT2D eigenvalue weighted by atomic mass is 16.5. The topological polar surface area (TPSA) is 87.1 Å². The van der Waals surface area contributed by atoms with Gasteiger partial charge in [-0.15, -0.1) is 0 Å². The number of amides is 1.